The van der Waals surface area contributed by atoms with Crippen molar-refractivity contribution in [2.45, 2.75) is 30.6 Å². The molecule has 9 heteroatoms. The van der Waals surface area contributed by atoms with Crippen LogP contribution in [0.1, 0.15) is 25.7 Å². The van der Waals surface area contributed by atoms with E-state index in [1.54, 1.807) is 34.6 Å². The van der Waals surface area contributed by atoms with Crippen molar-refractivity contribution in [1.82, 2.24) is 9.62 Å². The zero-order valence-corrected chi connectivity index (χ0v) is 17.6. The third kappa shape index (κ3) is 5.04. The predicted octanol–water partition coefficient (Wildman–Crippen LogP) is 1.38. The van der Waals surface area contributed by atoms with E-state index in [1.165, 1.54) is 0 Å². The molecule has 0 bridgehead atoms. The molecule has 0 aliphatic carbocycles. The molecule has 0 radical (unpaired) electrons. The zero-order chi connectivity index (χ0) is 19.3. The molecule has 3 rings (SSSR count). The number of nitrogens with one attached hydrogen (secondary N) is 1. The molecule has 0 atom stereocenters. The van der Waals surface area contributed by atoms with Crippen LogP contribution in [0, 0.1) is 11.3 Å². The van der Waals surface area contributed by atoms with Gasteiger partial charge in [0.2, 0.25) is 15.9 Å². The monoisotopic (exact) mass is 431 g/mol. The zero-order valence-electron chi connectivity index (χ0n) is 16.0. The average molecular weight is 432 g/mol. The summed E-state index contributed by atoms with van der Waals surface area (Å²) in [5.41, 5.74) is 5.36. The Bertz CT molecular complexity index is 731. The number of piperidine rings is 1. The molecular weight excluding hydrogens is 402 g/mol. The van der Waals surface area contributed by atoms with Crippen molar-refractivity contribution in [1.29, 1.82) is 0 Å². The summed E-state index contributed by atoms with van der Waals surface area (Å²) in [6, 6.07) is 8.53. The molecule has 7 nitrogen and oxygen atoms in total. The lowest BCUT2D eigenvalue weighted by Crippen LogP contribution is -2.50. The summed E-state index contributed by atoms with van der Waals surface area (Å²) >= 11 is 0. The number of nitrogens with zero attached hydrogens (tertiary/aromatic N) is 1. The van der Waals surface area contributed by atoms with Gasteiger partial charge in [0.1, 0.15) is 0 Å². The van der Waals surface area contributed by atoms with Crippen LogP contribution in [0.2, 0.25) is 0 Å². The van der Waals surface area contributed by atoms with Crippen LogP contribution in [0.25, 0.3) is 0 Å². The van der Waals surface area contributed by atoms with E-state index in [-0.39, 0.29) is 24.2 Å². The molecule has 2 aliphatic rings. The van der Waals surface area contributed by atoms with E-state index in [0.29, 0.717) is 57.1 Å². The van der Waals surface area contributed by atoms with Crippen molar-refractivity contribution in [2.24, 2.45) is 17.1 Å². The van der Waals surface area contributed by atoms with Crippen LogP contribution in [-0.2, 0) is 19.6 Å². The molecule has 2 fully saturated rings. The minimum atomic E-state index is -3.43. The van der Waals surface area contributed by atoms with Gasteiger partial charge in [-0.1, -0.05) is 18.2 Å². The molecule has 2 aliphatic heterocycles. The van der Waals surface area contributed by atoms with E-state index in [1.807, 2.05) is 0 Å². The molecule has 28 heavy (non-hydrogen) atoms. The summed E-state index contributed by atoms with van der Waals surface area (Å²) in [6.07, 6.45) is 2.79. The lowest BCUT2D eigenvalue weighted by Gasteiger charge is -2.36. The summed E-state index contributed by atoms with van der Waals surface area (Å²) < 4.78 is 32.3. The number of rotatable bonds is 6. The van der Waals surface area contributed by atoms with E-state index in [0.717, 1.165) is 12.8 Å². The van der Waals surface area contributed by atoms with Crippen LogP contribution in [-0.4, -0.2) is 58.0 Å². The Labute approximate surface area is 173 Å². The first kappa shape index (κ1) is 23.1. The van der Waals surface area contributed by atoms with Crippen molar-refractivity contribution < 1.29 is 17.9 Å². The molecule has 1 aromatic rings. The van der Waals surface area contributed by atoms with Gasteiger partial charge >= 0.3 is 0 Å². The predicted molar refractivity (Wildman–Crippen MR) is 110 cm³/mol. The van der Waals surface area contributed by atoms with Crippen LogP contribution >= 0.6 is 12.4 Å². The van der Waals surface area contributed by atoms with Crippen molar-refractivity contribution in [3.63, 3.8) is 0 Å². The van der Waals surface area contributed by atoms with E-state index in [9.17, 15) is 13.2 Å². The van der Waals surface area contributed by atoms with E-state index >= 15 is 0 Å². The largest absolute Gasteiger partial charge is 0.381 e. The van der Waals surface area contributed by atoms with Gasteiger partial charge in [0.05, 0.1) is 10.3 Å². The first-order valence-corrected chi connectivity index (χ1v) is 11.0. The number of hydrogen-bond donors (Lipinski definition) is 2. The maximum Gasteiger partial charge on any atom is 0.243 e. The normalized spacial score (nSPS) is 20.9. The minimum Gasteiger partial charge on any atom is -0.381 e. The maximum absolute atomic E-state index is 12.7. The average Bonchev–Trinajstić information content (AvgIpc) is 2.73. The van der Waals surface area contributed by atoms with Gasteiger partial charge in [-0.15, -0.1) is 12.4 Å². The first-order valence-electron chi connectivity index (χ1n) is 9.59. The Morgan fingerprint density at radius 2 is 1.79 bits per heavy atom. The Hall–Kier alpha value is -1.19. The van der Waals surface area contributed by atoms with Crippen LogP contribution in [0.15, 0.2) is 35.2 Å². The molecule has 0 spiro atoms. The van der Waals surface area contributed by atoms with Gasteiger partial charge in [-0.05, 0) is 43.7 Å². The van der Waals surface area contributed by atoms with Gasteiger partial charge in [0.15, 0.2) is 0 Å². The molecule has 0 aromatic heterocycles. The van der Waals surface area contributed by atoms with Gasteiger partial charge in [0.25, 0.3) is 0 Å². The number of halogens is 1. The second kappa shape index (κ2) is 10.0. The fourth-order valence-corrected chi connectivity index (χ4v) is 5.30. The van der Waals surface area contributed by atoms with Crippen molar-refractivity contribution in [2.75, 3.05) is 39.4 Å². The molecule has 1 aromatic carbocycles. The van der Waals surface area contributed by atoms with E-state index in [2.05, 4.69) is 5.32 Å². The highest BCUT2D eigenvalue weighted by molar-refractivity contribution is 7.89. The molecule has 0 saturated carbocycles. The Kier molecular flexibility index (Phi) is 8.27. The fourth-order valence-electron chi connectivity index (χ4n) is 3.81. The highest BCUT2D eigenvalue weighted by atomic mass is 35.5. The summed E-state index contributed by atoms with van der Waals surface area (Å²) in [5, 5.41) is 3.06. The van der Waals surface area contributed by atoms with Crippen molar-refractivity contribution >= 4 is 28.3 Å². The number of carbonyl (C=O) groups excluding carboxylic acids is 1. The highest BCUT2D eigenvalue weighted by Crippen LogP contribution is 2.30. The summed E-state index contributed by atoms with van der Waals surface area (Å²) in [6.45, 7) is 3.00. The summed E-state index contributed by atoms with van der Waals surface area (Å²) in [7, 11) is -3.43. The first-order chi connectivity index (χ1) is 13.0. The molecule has 1 amide bonds. The topological polar surface area (TPSA) is 102 Å². The quantitative estimate of drug-likeness (QED) is 0.708. The lowest BCUT2D eigenvalue weighted by molar-refractivity contribution is -0.136. The smallest absolute Gasteiger partial charge is 0.243 e. The maximum atomic E-state index is 12.7. The number of hydrogen-bond acceptors (Lipinski definition) is 5. The number of sulfonamides is 1. The number of amides is 1. The van der Waals surface area contributed by atoms with Crippen LogP contribution < -0.4 is 11.1 Å². The summed E-state index contributed by atoms with van der Waals surface area (Å²) in [5.74, 6) is 0.290. The van der Waals surface area contributed by atoms with E-state index < -0.39 is 15.4 Å². The number of ether oxygens (including phenoxy) is 1. The second-order valence-corrected chi connectivity index (χ2v) is 9.41. The third-order valence-corrected chi connectivity index (χ3v) is 7.74. The van der Waals surface area contributed by atoms with E-state index in [4.69, 9.17) is 10.5 Å². The van der Waals surface area contributed by atoms with Gasteiger partial charge in [-0.25, -0.2) is 8.42 Å². The third-order valence-electron chi connectivity index (χ3n) is 5.83. The molecule has 2 heterocycles. The van der Waals surface area contributed by atoms with Crippen LogP contribution in [0.3, 0.4) is 0 Å². The van der Waals surface area contributed by atoms with Crippen molar-refractivity contribution in [3.8, 4) is 0 Å². The Morgan fingerprint density at radius 1 is 1.18 bits per heavy atom. The highest BCUT2D eigenvalue weighted by Gasteiger charge is 2.39. The number of nitrogens with two attached hydrogens (primary N) is 1. The minimum absolute atomic E-state index is 0. The molecule has 158 valence electrons. The van der Waals surface area contributed by atoms with Gasteiger partial charge in [0, 0.05) is 39.4 Å². The van der Waals surface area contributed by atoms with Gasteiger partial charge in [-0.2, -0.15) is 4.31 Å². The lowest BCUT2D eigenvalue weighted by atomic mass is 9.79. The molecule has 0 unspecified atom stereocenters. The molecule has 3 N–H and O–H groups in total. The molecule has 2 saturated heterocycles. The summed E-state index contributed by atoms with van der Waals surface area (Å²) in [4.78, 5) is 13.0. The second-order valence-electron chi connectivity index (χ2n) is 7.47. The van der Waals surface area contributed by atoms with Gasteiger partial charge in [-0.3, -0.25) is 4.79 Å². The van der Waals surface area contributed by atoms with Crippen LogP contribution in [0.5, 0.6) is 0 Å². The number of carbonyl (C=O) groups is 1. The fraction of sp³-hybridized carbons (Fsp3) is 0.632. The van der Waals surface area contributed by atoms with Crippen molar-refractivity contribution in [3.05, 3.63) is 30.3 Å². The molecular formula is C19H30ClN3O4S. The Morgan fingerprint density at radius 3 is 2.36 bits per heavy atom. The standard InChI is InChI=1S/C19H29N3O4S.ClH/c20-15-19(8-12-26-13-9-19)18(23)21-14-16-6-10-22(11-7-16)27(24,25)17-4-2-1-3-5-17;/h1-5,16H,6-15,20H2,(H,21,23);1H. The van der Waals surface area contributed by atoms with Gasteiger partial charge < -0.3 is 15.8 Å². The Balaban J connectivity index is 0.00000280. The SMILES string of the molecule is Cl.NCC1(C(=O)NCC2CCN(S(=O)(=O)c3ccccc3)CC2)CCOCC1. The van der Waals surface area contributed by atoms with Crippen LogP contribution in [0.4, 0.5) is 0 Å². The number of benzene rings is 1.